The topological polar surface area (TPSA) is 29.1 Å². The summed E-state index contributed by atoms with van der Waals surface area (Å²) >= 11 is 12.0. The number of unbranched alkanes of at least 4 members (excludes halogenated alkanes) is 1. The number of hydrogen-bond acceptors (Lipinski definition) is 1. The molecule has 0 aliphatic carbocycles. The third kappa shape index (κ3) is 6.88. The van der Waals surface area contributed by atoms with Crippen LogP contribution in [0.1, 0.15) is 26.2 Å². The number of halogens is 3. The fraction of sp³-hybridized carbons (Fsp3) is 0.533. The van der Waals surface area contributed by atoms with E-state index in [0.29, 0.717) is 16.5 Å². The van der Waals surface area contributed by atoms with Crippen molar-refractivity contribution < 1.29 is 4.79 Å². The highest BCUT2D eigenvalue weighted by atomic mass is 35.5. The van der Waals surface area contributed by atoms with Crippen LogP contribution in [-0.4, -0.2) is 33.1 Å². The Balaban J connectivity index is 0.00000400. The Bertz CT molecular complexity index is 464. The second-order valence-electron chi connectivity index (χ2n) is 5.42. The Hall–Kier alpha value is -0.480. The number of rotatable bonds is 7. The van der Waals surface area contributed by atoms with Crippen molar-refractivity contribution in [1.29, 1.82) is 0 Å². The largest absolute Gasteiger partial charge is 0.356 e. The Kier molecular flexibility index (Phi) is 9.30. The van der Waals surface area contributed by atoms with Gasteiger partial charge in [-0.25, -0.2) is 0 Å². The lowest BCUT2D eigenvalue weighted by Crippen LogP contribution is -2.41. The predicted molar refractivity (Wildman–Crippen MR) is 94.8 cm³/mol. The lowest BCUT2D eigenvalue weighted by Gasteiger charge is -2.29. The van der Waals surface area contributed by atoms with Crippen molar-refractivity contribution in [2.45, 2.75) is 26.2 Å². The number of carbonyl (C=O) groups is 1. The van der Waals surface area contributed by atoms with E-state index in [1.165, 1.54) is 0 Å². The molecule has 1 aromatic carbocycles. The molecule has 0 aliphatic rings. The fourth-order valence-corrected chi connectivity index (χ4v) is 2.27. The molecule has 0 spiro atoms. The van der Waals surface area contributed by atoms with Crippen molar-refractivity contribution in [3.8, 4) is 0 Å². The summed E-state index contributed by atoms with van der Waals surface area (Å²) in [7, 11) is 4.29. The van der Waals surface area contributed by atoms with Gasteiger partial charge in [-0.15, -0.1) is 12.4 Å². The highest BCUT2D eigenvalue weighted by Gasteiger charge is 2.19. The molecule has 0 unspecified atom stereocenters. The van der Waals surface area contributed by atoms with Gasteiger partial charge in [0.1, 0.15) is 5.69 Å². The molecule has 0 fully saturated rings. The van der Waals surface area contributed by atoms with Gasteiger partial charge in [0.2, 0.25) is 5.91 Å². The molecule has 1 aromatic rings. The summed E-state index contributed by atoms with van der Waals surface area (Å²) in [5.41, 5.74) is 1.14. The Morgan fingerprint density at radius 1 is 1.19 bits per heavy atom. The van der Waals surface area contributed by atoms with Crippen LogP contribution in [0.25, 0.3) is 0 Å². The van der Waals surface area contributed by atoms with Crippen LogP contribution in [0, 0.1) is 0 Å². The molecule has 0 heterocycles. The summed E-state index contributed by atoms with van der Waals surface area (Å²) in [5.74, 6) is 0.114. The number of hydrogen-bond donors (Lipinski definition) is 1. The van der Waals surface area contributed by atoms with E-state index in [-0.39, 0.29) is 18.3 Å². The summed E-state index contributed by atoms with van der Waals surface area (Å²) in [6.07, 6.45) is 2.57. The minimum Gasteiger partial charge on any atom is -0.356 e. The molecule has 0 aliphatic heterocycles. The molecule has 0 saturated heterocycles. The molecule has 1 amide bonds. The van der Waals surface area contributed by atoms with Gasteiger partial charge < -0.3 is 5.32 Å². The maximum absolute atomic E-state index is 11.1. The van der Waals surface area contributed by atoms with Gasteiger partial charge in [-0.2, -0.15) is 0 Å². The van der Waals surface area contributed by atoms with E-state index < -0.39 is 0 Å². The average Bonchev–Trinajstić information content (AvgIpc) is 2.40. The van der Waals surface area contributed by atoms with Crippen LogP contribution >= 0.6 is 35.6 Å². The first kappa shape index (κ1) is 20.5. The quantitative estimate of drug-likeness (QED) is 0.574. The molecule has 21 heavy (non-hydrogen) atoms. The van der Waals surface area contributed by atoms with Gasteiger partial charge in [0.15, 0.2) is 0 Å². The second-order valence-corrected chi connectivity index (χ2v) is 6.23. The molecule has 0 saturated carbocycles. The van der Waals surface area contributed by atoms with Crippen LogP contribution < -0.4 is 9.80 Å². The SMILES string of the molecule is CCC(=O)NCCCC[N+](C)(C)c1ccc(Cl)c(Cl)c1.Cl. The van der Waals surface area contributed by atoms with Gasteiger partial charge in [0.25, 0.3) is 0 Å². The van der Waals surface area contributed by atoms with Gasteiger partial charge in [-0.3, -0.25) is 9.28 Å². The van der Waals surface area contributed by atoms with Crippen molar-refractivity contribution in [1.82, 2.24) is 9.80 Å². The Morgan fingerprint density at radius 2 is 1.86 bits per heavy atom. The molecule has 0 aromatic heterocycles. The van der Waals surface area contributed by atoms with Gasteiger partial charge in [-0.05, 0) is 18.9 Å². The number of carbonyl (C=O) groups excluding carboxylic acids is 1. The van der Waals surface area contributed by atoms with Crippen LogP contribution in [0.15, 0.2) is 18.2 Å². The molecule has 0 radical (unpaired) electrons. The Morgan fingerprint density at radius 3 is 2.43 bits per heavy atom. The van der Waals surface area contributed by atoms with Crippen molar-refractivity contribution >= 4 is 47.2 Å². The van der Waals surface area contributed by atoms with Crippen molar-refractivity contribution in [2.24, 2.45) is 0 Å². The minimum absolute atomic E-state index is 0. The molecule has 1 N–H and O–H groups in total. The predicted octanol–water partition coefficient (Wildman–Crippen LogP) is 4.29. The van der Waals surface area contributed by atoms with E-state index >= 15 is 0 Å². The van der Waals surface area contributed by atoms with Gasteiger partial charge in [0.05, 0.1) is 30.7 Å². The normalized spacial score (nSPS) is 10.9. The molecule has 1 rings (SSSR count). The van der Waals surface area contributed by atoms with E-state index in [1.807, 2.05) is 25.1 Å². The summed E-state index contributed by atoms with van der Waals surface area (Å²) in [6.45, 7) is 3.59. The second kappa shape index (κ2) is 9.52. The van der Waals surface area contributed by atoms with Gasteiger partial charge in [0, 0.05) is 25.1 Å². The minimum atomic E-state index is 0. The van der Waals surface area contributed by atoms with Crippen molar-refractivity contribution in [2.75, 3.05) is 27.2 Å². The first-order valence-electron chi connectivity index (χ1n) is 6.92. The molecular formula is C15H24Cl3N2O+. The number of amides is 1. The van der Waals surface area contributed by atoms with Crippen molar-refractivity contribution in [3.63, 3.8) is 0 Å². The highest BCUT2D eigenvalue weighted by Crippen LogP contribution is 2.29. The zero-order chi connectivity index (χ0) is 15.2. The van der Waals surface area contributed by atoms with Gasteiger partial charge >= 0.3 is 0 Å². The third-order valence-corrected chi connectivity index (χ3v) is 4.13. The molecule has 120 valence electrons. The van der Waals surface area contributed by atoms with Crippen LogP contribution in [0.3, 0.4) is 0 Å². The lowest BCUT2D eigenvalue weighted by atomic mass is 10.2. The van der Waals surface area contributed by atoms with E-state index in [9.17, 15) is 4.79 Å². The number of nitrogens with one attached hydrogen (secondary N) is 1. The lowest BCUT2D eigenvalue weighted by molar-refractivity contribution is -0.120. The summed E-state index contributed by atoms with van der Waals surface area (Å²) in [4.78, 5) is 11.1. The maximum Gasteiger partial charge on any atom is 0.219 e. The van der Waals surface area contributed by atoms with Crippen LogP contribution in [0.2, 0.25) is 10.0 Å². The van der Waals surface area contributed by atoms with Crippen LogP contribution in [0.5, 0.6) is 0 Å². The zero-order valence-electron chi connectivity index (χ0n) is 12.8. The Labute approximate surface area is 143 Å². The van der Waals surface area contributed by atoms with E-state index in [0.717, 1.165) is 36.1 Å². The first-order valence-corrected chi connectivity index (χ1v) is 7.67. The van der Waals surface area contributed by atoms with E-state index in [1.54, 1.807) is 0 Å². The zero-order valence-corrected chi connectivity index (χ0v) is 15.1. The third-order valence-electron chi connectivity index (χ3n) is 3.39. The van der Waals surface area contributed by atoms with Crippen LogP contribution in [0.4, 0.5) is 5.69 Å². The fourth-order valence-electron chi connectivity index (χ4n) is 1.98. The summed E-state index contributed by atoms with van der Waals surface area (Å²) in [5, 5.41) is 4.06. The summed E-state index contributed by atoms with van der Waals surface area (Å²) in [6, 6.07) is 5.76. The average molecular weight is 355 g/mol. The van der Waals surface area contributed by atoms with E-state index in [4.69, 9.17) is 23.2 Å². The number of quaternary nitrogens is 1. The molecular weight excluding hydrogens is 331 g/mol. The molecule has 3 nitrogen and oxygen atoms in total. The number of nitrogens with zero attached hydrogens (tertiary/aromatic N) is 1. The monoisotopic (exact) mass is 353 g/mol. The van der Waals surface area contributed by atoms with Crippen molar-refractivity contribution in [3.05, 3.63) is 28.2 Å². The van der Waals surface area contributed by atoms with E-state index in [2.05, 4.69) is 19.4 Å². The van der Waals surface area contributed by atoms with Crippen LogP contribution in [-0.2, 0) is 4.79 Å². The standard InChI is InChI=1S/C15H22Cl2N2O.ClH/c1-4-15(20)18-9-5-6-10-19(2,3)12-7-8-13(16)14(17)11-12;/h7-8,11H,4-6,9-10H2,1-3H3;1H/p+1. The first-order chi connectivity index (χ1) is 9.36. The summed E-state index contributed by atoms with van der Waals surface area (Å²) < 4.78 is 0.749. The highest BCUT2D eigenvalue weighted by molar-refractivity contribution is 6.42. The van der Waals surface area contributed by atoms with Gasteiger partial charge in [-0.1, -0.05) is 30.1 Å². The maximum atomic E-state index is 11.1. The molecule has 0 bridgehead atoms. The molecule has 6 heteroatoms. The number of benzene rings is 1. The smallest absolute Gasteiger partial charge is 0.219 e. The molecule has 0 atom stereocenters.